The summed E-state index contributed by atoms with van der Waals surface area (Å²) in [5, 5.41) is 12.8. The summed E-state index contributed by atoms with van der Waals surface area (Å²) in [4.78, 5) is 17.6. The lowest BCUT2D eigenvalue weighted by molar-refractivity contribution is -0.113. The summed E-state index contributed by atoms with van der Waals surface area (Å²) in [6, 6.07) is 6.29. The molecule has 0 aliphatic rings. The Labute approximate surface area is 185 Å². The van der Waals surface area contributed by atoms with Gasteiger partial charge in [0.1, 0.15) is 11.6 Å². The van der Waals surface area contributed by atoms with Gasteiger partial charge in [0.2, 0.25) is 5.91 Å². The highest BCUT2D eigenvalue weighted by Gasteiger charge is 2.13. The SMILES string of the molecule is COc1ccc(CCCc2nnc(SCC(=O)Nc3nc(C)c(C)s3)n2C)cc1C. The molecule has 0 bridgehead atoms. The third-order valence-electron chi connectivity index (χ3n) is 4.86. The smallest absolute Gasteiger partial charge is 0.236 e. The van der Waals surface area contributed by atoms with Crippen molar-refractivity contribution in [2.75, 3.05) is 18.2 Å². The molecule has 0 radical (unpaired) electrons. The minimum Gasteiger partial charge on any atom is -0.496 e. The Morgan fingerprint density at radius 3 is 2.70 bits per heavy atom. The number of nitrogens with one attached hydrogen (secondary N) is 1. The second-order valence-corrected chi connectivity index (χ2v) is 9.26. The lowest BCUT2D eigenvalue weighted by atomic mass is 10.0. The Balaban J connectivity index is 1.48. The van der Waals surface area contributed by atoms with Gasteiger partial charge in [-0.15, -0.1) is 21.5 Å². The third kappa shape index (κ3) is 5.60. The number of aryl methyl sites for hydroxylation is 5. The first-order valence-electron chi connectivity index (χ1n) is 9.76. The maximum absolute atomic E-state index is 12.2. The molecule has 0 spiro atoms. The minimum atomic E-state index is -0.0897. The van der Waals surface area contributed by atoms with Crippen LogP contribution in [0, 0.1) is 20.8 Å². The van der Waals surface area contributed by atoms with Crippen LogP contribution in [0.2, 0.25) is 0 Å². The largest absolute Gasteiger partial charge is 0.496 e. The van der Waals surface area contributed by atoms with Crippen LogP contribution >= 0.6 is 23.1 Å². The molecule has 3 aromatic rings. The number of thiazole rings is 1. The molecule has 0 fully saturated rings. The molecule has 1 N–H and O–H groups in total. The Kier molecular flexibility index (Phi) is 7.49. The van der Waals surface area contributed by atoms with Crippen LogP contribution in [-0.2, 0) is 24.7 Å². The number of ether oxygens (including phenoxy) is 1. The van der Waals surface area contributed by atoms with Crippen LogP contribution in [0.25, 0.3) is 0 Å². The van der Waals surface area contributed by atoms with Gasteiger partial charge in [-0.25, -0.2) is 4.98 Å². The normalized spacial score (nSPS) is 11.0. The van der Waals surface area contributed by atoms with Crippen molar-refractivity contribution in [3.05, 3.63) is 45.7 Å². The van der Waals surface area contributed by atoms with Crippen LogP contribution in [0.5, 0.6) is 5.75 Å². The monoisotopic (exact) mass is 445 g/mol. The molecule has 0 unspecified atom stereocenters. The van der Waals surface area contributed by atoms with Crippen LogP contribution in [0.3, 0.4) is 0 Å². The Hall–Kier alpha value is -2.39. The summed E-state index contributed by atoms with van der Waals surface area (Å²) in [5.41, 5.74) is 3.38. The average molecular weight is 446 g/mol. The quantitative estimate of drug-likeness (QED) is 0.499. The van der Waals surface area contributed by atoms with Gasteiger partial charge in [-0.3, -0.25) is 4.79 Å². The van der Waals surface area contributed by atoms with Crippen molar-refractivity contribution in [1.29, 1.82) is 0 Å². The molecule has 2 heterocycles. The number of anilines is 1. The van der Waals surface area contributed by atoms with Crippen LogP contribution in [-0.4, -0.2) is 38.5 Å². The van der Waals surface area contributed by atoms with E-state index in [4.69, 9.17) is 4.74 Å². The highest BCUT2D eigenvalue weighted by Crippen LogP contribution is 2.23. The number of rotatable bonds is 9. The fraction of sp³-hybridized carbons (Fsp3) is 0.429. The standard InChI is InChI=1S/C21H27N5O2S2/c1-13-11-16(9-10-17(13)28-5)7-6-8-18-24-25-21(26(18)4)29-12-19(27)23-20-22-14(2)15(3)30-20/h9-11H,6-8,12H2,1-5H3,(H,22,23,27). The highest BCUT2D eigenvalue weighted by molar-refractivity contribution is 7.99. The molecule has 3 rings (SSSR count). The number of aromatic nitrogens is 4. The number of hydrogen-bond donors (Lipinski definition) is 1. The topological polar surface area (TPSA) is 81.9 Å². The van der Waals surface area contributed by atoms with E-state index in [1.165, 1.54) is 28.7 Å². The zero-order chi connectivity index (χ0) is 21.7. The molecule has 160 valence electrons. The summed E-state index contributed by atoms with van der Waals surface area (Å²) >= 11 is 2.87. The number of thioether (sulfide) groups is 1. The van der Waals surface area contributed by atoms with E-state index in [9.17, 15) is 4.79 Å². The Morgan fingerprint density at radius 1 is 1.23 bits per heavy atom. The molecule has 9 heteroatoms. The van der Waals surface area contributed by atoms with E-state index in [2.05, 4.69) is 39.6 Å². The van der Waals surface area contributed by atoms with Gasteiger partial charge >= 0.3 is 0 Å². The highest BCUT2D eigenvalue weighted by atomic mass is 32.2. The molecular formula is C21H27N5O2S2. The average Bonchev–Trinajstić information content (AvgIpc) is 3.21. The van der Waals surface area contributed by atoms with Gasteiger partial charge in [-0.05, 0) is 50.8 Å². The minimum absolute atomic E-state index is 0.0897. The molecule has 1 amide bonds. The second-order valence-electron chi connectivity index (χ2n) is 7.11. The predicted molar refractivity (Wildman–Crippen MR) is 122 cm³/mol. The van der Waals surface area contributed by atoms with E-state index in [0.717, 1.165) is 52.1 Å². The molecular weight excluding hydrogens is 418 g/mol. The first kappa shape index (κ1) is 22.3. The number of hydrogen-bond acceptors (Lipinski definition) is 7. The molecule has 30 heavy (non-hydrogen) atoms. The van der Waals surface area contributed by atoms with Gasteiger partial charge in [0.05, 0.1) is 18.6 Å². The summed E-state index contributed by atoms with van der Waals surface area (Å²) in [5.74, 6) is 2.02. The van der Waals surface area contributed by atoms with Gasteiger partial charge in [0.25, 0.3) is 0 Å². The van der Waals surface area contributed by atoms with E-state index in [1.54, 1.807) is 7.11 Å². The van der Waals surface area contributed by atoms with Crippen molar-refractivity contribution in [2.45, 2.75) is 45.2 Å². The molecule has 2 aromatic heterocycles. The molecule has 0 aliphatic carbocycles. The number of amides is 1. The molecule has 7 nitrogen and oxygen atoms in total. The van der Waals surface area contributed by atoms with Gasteiger partial charge in [-0.2, -0.15) is 0 Å². The third-order valence-corrected chi connectivity index (χ3v) is 6.87. The molecule has 0 saturated heterocycles. The van der Waals surface area contributed by atoms with E-state index in [-0.39, 0.29) is 11.7 Å². The van der Waals surface area contributed by atoms with Crippen molar-refractivity contribution in [1.82, 2.24) is 19.7 Å². The number of benzene rings is 1. The molecule has 1 aromatic carbocycles. The van der Waals surface area contributed by atoms with Crippen LogP contribution in [0.15, 0.2) is 23.4 Å². The summed E-state index contributed by atoms with van der Waals surface area (Å²) < 4.78 is 7.28. The van der Waals surface area contributed by atoms with Crippen LogP contribution in [0.1, 0.15) is 33.9 Å². The number of nitrogens with zero attached hydrogens (tertiary/aromatic N) is 4. The van der Waals surface area contributed by atoms with E-state index in [0.29, 0.717) is 5.13 Å². The van der Waals surface area contributed by atoms with Crippen LogP contribution in [0.4, 0.5) is 5.13 Å². The van der Waals surface area contributed by atoms with Crippen molar-refractivity contribution in [3.8, 4) is 5.75 Å². The Morgan fingerprint density at radius 2 is 2.03 bits per heavy atom. The van der Waals surface area contributed by atoms with E-state index < -0.39 is 0 Å². The predicted octanol–water partition coefficient (Wildman–Crippen LogP) is 4.11. The van der Waals surface area contributed by atoms with E-state index in [1.807, 2.05) is 31.5 Å². The maximum atomic E-state index is 12.2. The van der Waals surface area contributed by atoms with Crippen molar-refractivity contribution < 1.29 is 9.53 Å². The van der Waals surface area contributed by atoms with Crippen molar-refractivity contribution >= 4 is 34.1 Å². The summed E-state index contributed by atoms with van der Waals surface area (Å²) in [6.07, 6.45) is 2.78. The van der Waals surface area contributed by atoms with Crippen molar-refractivity contribution in [3.63, 3.8) is 0 Å². The summed E-state index contributed by atoms with van der Waals surface area (Å²) in [7, 11) is 3.64. The lowest BCUT2D eigenvalue weighted by Crippen LogP contribution is -2.14. The molecule has 0 aliphatic heterocycles. The van der Waals surface area contributed by atoms with E-state index >= 15 is 0 Å². The number of carbonyl (C=O) groups excluding carboxylic acids is 1. The van der Waals surface area contributed by atoms with Gasteiger partial charge in [0.15, 0.2) is 10.3 Å². The first-order valence-corrected chi connectivity index (χ1v) is 11.6. The fourth-order valence-electron chi connectivity index (χ4n) is 3.05. The van der Waals surface area contributed by atoms with Crippen molar-refractivity contribution in [2.24, 2.45) is 7.05 Å². The van der Waals surface area contributed by atoms with Gasteiger partial charge in [-0.1, -0.05) is 23.9 Å². The first-order chi connectivity index (χ1) is 14.4. The molecule has 0 saturated carbocycles. The zero-order valence-corrected chi connectivity index (χ0v) is 19.6. The van der Waals surface area contributed by atoms with Crippen LogP contribution < -0.4 is 10.1 Å². The Bertz CT molecular complexity index is 1010. The lowest BCUT2D eigenvalue weighted by Gasteiger charge is -2.07. The number of methoxy groups -OCH3 is 1. The zero-order valence-electron chi connectivity index (χ0n) is 18.0. The number of carbonyl (C=O) groups is 1. The summed E-state index contributed by atoms with van der Waals surface area (Å²) in [6.45, 7) is 5.99. The molecule has 0 atom stereocenters. The maximum Gasteiger partial charge on any atom is 0.236 e. The fourth-order valence-corrected chi connectivity index (χ4v) is 4.61. The van der Waals surface area contributed by atoms with Gasteiger partial charge in [0, 0.05) is 18.3 Å². The second kappa shape index (κ2) is 10.1. The van der Waals surface area contributed by atoms with Gasteiger partial charge < -0.3 is 14.6 Å².